The molecule has 0 N–H and O–H groups in total. The maximum Gasteiger partial charge on any atom is 0.178 e. The number of hydrogen-bond donors (Lipinski definition) is 0. The summed E-state index contributed by atoms with van der Waals surface area (Å²) < 4.78 is 0. The SMILES string of the molecule is CC(C)c1ccc(C2C(=O)c3ccccc3C2=O)cc1. The Morgan fingerprint density at radius 3 is 1.75 bits per heavy atom. The fraction of sp³-hybridized carbons (Fsp3) is 0.222. The molecule has 20 heavy (non-hydrogen) atoms. The molecule has 0 aliphatic heterocycles. The summed E-state index contributed by atoms with van der Waals surface area (Å²) in [6.45, 7) is 4.24. The van der Waals surface area contributed by atoms with E-state index >= 15 is 0 Å². The molecule has 0 aromatic heterocycles. The first-order chi connectivity index (χ1) is 9.59. The molecule has 100 valence electrons. The summed E-state index contributed by atoms with van der Waals surface area (Å²) >= 11 is 0. The molecule has 0 fully saturated rings. The van der Waals surface area contributed by atoms with Gasteiger partial charge < -0.3 is 0 Å². The lowest BCUT2D eigenvalue weighted by Crippen LogP contribution is -2.12. The average molecular weight is 264 g/mol. The van der Waals surface area contributed by atoms with Crippen molar-refractivity contribution in [3.63, 3.8) is 0 Å². The molecule has 0 heterocycles. The molecule has 0 amide bonds. The topological polar surface area (TPSA) is 34.1 Å². The Balaban J connectivity index is 2.00. The second-order valence-electron chi connectivity index (χ2n) is 5.53. The monoisotopic (exact) mass is 264 g/mol. The number of ketones is 2. The van der Waals surface area contributed by atoms with Crippen LogP contribution in [0.25, 0.3) is 0 Å². The van der Waals surface area contributed by atoms with E-state index in [1.54, 1.807) is 24.3 Å². The van der Waals surface area contributed by atoms with E-state index in [4.69, 9.17) is 0 Å². The van der Waals surface area contributed by atoms with Gasteiger partial charge >= 0.3 is 0 Å². The summed E-state index contributed by atoms with van der Waals surface area (Å²) in [4.78, 5) is 24.8. The summed E-state index contributed by atoms with van der Waals surface area (Å²) in [5, 5.41) is 0. The summed E-state index contributed by atoms with van der Waals surface area (Å²) in [6, 6.07) is 14.9. The van der Waals surface area contributed by atoms with E-state index in [9.17, 15) is 9.59 Å². The van der Waals surface area contributed by atoms with Crippen LogP contribution in [0, 0.1) is 0 Å². The Labute approximate surface area is 118 Å². The summed E-state index contributed by atoms with van der Waals surface area (Å²) in [5.74, 6) is -0.379. The number of hydrogen-bond acceptors (Lipinski definition) is 2. The van der Waals surface area contributed by atoms with E-state index in [2.05, 4.69) is 13.8 Å². The van der Waals surface area contributed by atoms with Crippen LogP contribution in [0.3, 0.4) is 0 Å². The van der Waals surface area contributed by atoms with Crippen LogP contribution in [-0.4, -0.2) is 11.6 Å². The number of Topliss-reactive ketones (excluding diaryl/α,β-unsaturated/α-hetero) is 2. The van der Waals surface area contributed by atoms with Crippen molar-refractivity contribution in [1.29, 1.82) is 0 Å². The molecule has 0 unspecified atom stereocenters. The van der Waals surface area contributed by atoms with Crippen LogP contribution < -0.4 is 0 Å². The Morgan fingerprint density at radius 2 is 1.30 bits per heavy atom. The smallest absolute Gasteiger partial charge is 0.178 e. The largest absolute Gasteiger partial charge is 0.293 e. The molecule has 1 aliphatic rings. The zero-order valence-electron chi connectivity index (χ0n) is 11.6. The van der Waals surface area contributed by atoms with Crippen molar-refractivity contribution in [3.8, 4) is 0 Å². The summed E-state index contributed by atoms with van der Waals surface area (Å²) in [5.41, 5.74) is 3.11. The van der Waals surface area contributed by atoms with Crippen molar-refractivity contribution < 1.29 is 9.59 Å². The molecule has 3 rings (SSSR count). The van der Waals surface area contributed by atoms with Crippen molar-refractivity contribution in [2.75, 3.05) is 0 Å². The van der Waals surface area contributed by atoms with Gasteiger partial charge in [-0.05, 0) is 17.0 Å². The Kier molecular flexibility index (Phi) is 3.01. The lowest BCUT2D eigenvalue weighted by Gasteiger charge is -2.10. The van der Waals surface area contributed by atoms with Gasteiger partial charge in [-0.15, -0.1) is 0 Å². The zero-order chi connectivity index (χ0) is 14.3. The molecule has 1 aliphatic carbocycles. The molecule has 0 atom stereocenters. The molecule has 2 nitrogen and oxygen atoms in total. The van der Waals surface area contributed by atoms with E-state index in [0.717, 1.165) is 5.56 Å². The van der Waals surface area contributed by atoms with Crippen LogP contribution in [0.1, 0.15) is 57.5 Å². The van der Waals surface area contributed by atoms with Crippen molar-refractivity contribution >= 4 is 11.6 Å². The van der Waals surface area contributed by atoms with Gasteiger partial charge in [0.15, 0.2) is 11.6 Å². The van der Waals surface area contributed by atoms with Crippen LogP contribution in [0.5, 0.6) is 0 Å². The number of carbonyl (C=O) groups excluding carboxylic acids is 2. The molecular weight excluding hydrogens is 248 g/mol. The second-order valence-corrected chi connectivity index (χ2v) is 5.53. The fourth-order valence-corrected chi connectivity index (χ4v) is 2.72. The Bertz CT molecular complexity index is 646. The standard InChI is InChI=1S/C18H16O2/c1-11(2)12-7-9-13(10-8-12)16-17(19)14-5-3-4-6-15(14)18(16)20/h3-11,16H,1-2H3. The van der Waals surface area contributed by atoms with E-state index in [1.807, 2.05) is 24.3 Å². The molecule has 0 saturated carbocycles. The van der Waals surface area contributed by atoms with Gasteiger partial charge in [0.25, 0.3) is 0 Å². The number of benzene rings is 2. The van der Waals surface area contributed by atoms with Crippen LogP contribution in [0.4, 0.5) is 0 Å². The highest BCUT2D eigenvalue weighted by molar-refractivity contribution is 6.29. The highest BCUT2D eigenvalue weighted by atomic mass is 16.2. The highest BCUT2D eigenvalue weighted by Gasteiger charge is 2.39. The van der Waals surface area contributed by atoms with Crippen LogP contribution in [0.15, 0.2) is 48.5 Å². The average Bonchev–Trinajstić information content (AvgIpc) is 2.72. The van der Waals surface area contributed by atoms with Crippen molar-refractivity contribution in [1.82, 2.24) is 0 Å². The summed E-state index contributed by atoms with van der Waals surface area (Å²) in [6.07, 6.45) is 0. The minimum atomic E-state index is -0.659. The molecular formula is C18H16O2. The zero-order valence-corrected chi connectivity index (χ0v) is 11.6. The van der Waals surface area contributed by atoms with Gasteiger partial charge in [-0.2, -0.15) is 0 Å². The molecule has 0 spiro atoms. The van der Waals surface area contributed by atoms with E-state index in [1.165, 1.54) is 5.56 Å². The van der Waals surface area contributed by atoms with Crippen molar-refractivity contribution in [2.45, 2.75) is 25.7 Å². The maximum atomic E-state index is 12.4. The fourth-order valence-electron chi connectivity index (χ4n) is 2.72. The molecule has 0 bridgehead atoms. The lowest BCUT2D eigenvalue weighted by molar-refractivity contribution is 0.0890. The molecule has 2 aromatic rings. The van der Waals surface area contributed by atoms with Crippen LogP contribution in [0.2, 0.25) is 0 Å². The lowest BCUT2D eigenvalue weighted by atomic mass is 9.92. The van der Waals surface area contributed by atoms with Crippen LogP contribution in [-0.2, 0) is 0 Å². The second kappa shape index (κ2) is 4.71. The van der Waals surface area contributed by atoms with E-state index < -0.39 is 5.92 Å². The first kappa shape index (κ1) is 12.8. The molecule has 2 aromatic carbocycles. The van der Waals surface area contributed by atoms with Gasteiger partial charge in [0.05, 0.1) is 0 Å². The minimum Gasteiger partial charge on any atom is -0.293 e. The number of fused-ring (bicyclic) bond motifs is 1. The quantitative estimate of drug-likeness (QED) is 0.769. The Hall–Kier alpha value is -2.22. The highest BCUT2D eigenvalue weighted by Crippen LogP contribution is 2.34. The molecule has 0 radical (unpaired) electrons. The molecule has 0 saturated heterocycles. The third-order valence-corrected chi connectivity index (χ3v) is 3.92. The van der Waals surface area contributed by atoms with E-state index in [0.29, 0.717) is 17.0 Å². The van der Waals surface area contributed by atoms with Gasteiger partial charge in [0.2, 0.25) is 0 Å². The van der Waals surface area contributed by atoms with Crippen molar-refractivity contribution in [2.24, 2.45) is 0 Å². The third-order valence-electron chi connectivity index (χ3n) is 3.92. The Morgan fingerprint density at radius 1 is 0.800 bits per heavy atom. The summed E-state index contributed by atoms with van der Waals surface area (Å²) in [7, 11) is 0. The number of carbonyl (C=O) groups is 2. The normalized spacial score (nSPS) is 14.9. The van der Waals surface area contributed by atoms with E-state index in [-0.39, 0.29) is 11.6 Å². The maximum absolute atomic E-state index is 12.4. The third kappa shape index (κ3) is 1.88. The van der Waals surface area contributed by atoms with Gasteiger partial charge in [-0.1, -0.05) is 62.4 Å². The van der Waals surface area contributed by atoms with Gasteiger partial charge in [0, 0.05) is 11.1 Å². The minimum absolute atomic E-state index is 0.0807. The first-order valence-corrected chi connectivity index (χ1v) is 6.87. The predicted molar refractivity (Wildman–Crippen MR) is 78.4 cm³/mol. The van der Waals surface area contributed by atoms with Gasteiger partial charge in [0.1, 0.15) is 5.92 Å². The number of rotatable bonds is 2. The molecule has 2 heteroatoms. The van der Waals surface area contributed by atoms with Gasteiger partial charge in [-0.25, -0.2) is 0 Å². The predicted octanol–water partition coefficient (Wildman–Crippen LogP) is 3.97. The van der Waals surface area contributed by atoms with Gasteiger partial charge in [-0.3, -0.25) is 9.59 Å². The first-order valence-electron chi connectivity index (χ1n) is 6.87. The van der Waals surface area contributed by atoms with Crippen molar-refractivity contribution in [3.05, 3.63) is 70.8 Å². The van der Waals surface area contributed by atoms with Crippen LogP contribution >= 0.6 is 0 Å².